The molecule has 1 aliphatic carbocycles. The molecule has 3 N–H and O–H groups in total. The zero-order chi connectivity index (χ0) is 30.4. The van der Waals surface area contributed by atoms with Crippen molar-refractivity contribution in [3.8, 4) is 0 Å². The van der Waals surface area contributed by atoms with Gasteiger partial charge in [-0.15, -0.1) is 0 Å². The summed E-state index contributed by atoms with van der Waals surface area (Å²) in [5.41, 5.74) is 1.10. The van der Waals surface area contributed by atoms with Crippen LogP contribution in [0.4, 0.5) is 0 Å². The number of carbonyl (C=O) groups is 1. The monoisotopic (exact) mass is 584 g/mol. The Morgan fingerprint density at radius 3 is 2.62 bits per heavy atom. The van der Waals surface area contributed by atoms with Gasteiger partial charge in [0, 0.05) is 25.2 Å². The summed E-state index contributed by atoms with van der Waals surface area (Å²) < 4.78 is 25.5. The van der Waals surface area contributed by atoms with E-state index in [1.807, 2.05) is 39.0 Å². The summed E-state index contributed by atoms with van der Waals surface area (Å²) in [5.74, 6) is -3.06. The lowest BCUT2D eigenvalue weighted by atomic mass is 9.68. The minimum absolute atomic E-state index is 0.0990. The normalized spacial score (nSPS) is 48.1. The van der Waals surface area contributed by atoms with Crippen LogP contribution < -0.4 is 0 Å². The highest BCUT2D eigenvalue weighted by molar-refractivity contribution is 5.78. The Balaban J connectivity index is 1.53. The Bertz CT molecular complexity index is 1200. The summed E-state index contributed by atoms with van der Waals surface area (Å²) in [4.78, 5) is 14.0. The van der Waals surface area contributed by atoms with Crippen molar-refractivity contribution in [1.82, 2.24) is 0 Å². The van der Waals surface area contributed by atoms with Crippen LogP contribution in [0, 0.1) is 23.7 Å². The number of fused-ring (bicyclic) bond motifs is 2. The molecule has 1 spiro atoms. The fourth-order valence-corrected chi connectivity index (χ4v) is 7.45. The van der Waals surface area contributed by atoms with Crippen LogP contribution in [0.1, 0.15) is 73.6 Å². The molecule has 2 bridgehead atoms. The molecule has 8 heteroatoms. The first-order valence-electron chi connectivity index (χ1n) is 15.5. The Labute approximate surface area is 249 Å². The summed E-state index contributed by atoms with van der Waals surface area (Å²) in [6.45, 7) is 12.0. The average molecular weight is 585 g/mol. The fourth-order valence-electron chi connectivity index (χ4n) is 7.45. The molecule has 4 heterocycles. The summed E-state index contributed by atoms with van der Waals surface area (Å²) in [7, 11) is 0. The molecule has 8 nitrogen and oxygen atoms in total. The van der Waals surface area contributed by atoms with E-state index in [1.165, 1.54) is 5.57 Å². The van der Waals surface area contributed by atoms with Crippen molar-refractivity contribution < 1.29 is 39.1 Å². The van der Waals surface area contributed by atoms with Crippen molar-refractivity contribution >= 4 is 5.97 Å². The Morgan fingerprint density at radius 1 is 1.12 bits per heavy atom. The number of esters is 1. The maximum Gasteiger partial charge on any atom is 0.316 e. The van der Waals surface area contributed by atoms with E-state index in [9.17, 15) is 20.1 Å². The van der Waals surface area contributed by atoms with Crippen molar-refractivity contribution in [2.75, 3.05) is 6.61 Å². The first-order chi connectivity index (χ1) is 19.9. The van der Waals surface area contributed by atoms with Crippen LogP contribution in [0.25, 0.3) is 0 Å². The highest BCUT2D eigenvalue weighted by atomic mass is 16.7. The van der Waals surface area contributed by atoms with Crippen molar-refractivity contribution in [2.45, 2.75) is 116 Å². The van der Waals surface area contributed by atoms with Gasteiger partial charge in [0.25, 0.3) is 0 Å². The highest BCUT2D eigenvalue weighted by Gasteiger charge is 2.61. The SMILES string of the molecule is C/C=C(\C)[C@H]1O[C@@]2(CC3C[C@@H](C/C=C(\C)C[C@@H](C)/C=C/C=C4\OC[C@@H]5[C@H](O)C(C)=CC(C(=O)O3)[C@]45O)O2)C[C@H](O)[C@@H]1C. The van der Waals surface area contributed by atoms with Gasteiger partial charge in [-0.2, -0.15) is 0 Å². The molecule has 3 fully saturated rings. The molecule has 2 unspecified atom stereocenters. The fraction of sp³-hybridized carbons (Fsp3) is 0.676. The highest BCUT2D eigenvalue weighted by Crippen LogP contribution is 2.49. The molecule has 0 radical (unpaired) electrons. The number of rotatable bonds is 1. The largest absolute Gasteiger partial charge is 0.494 e. The van der Waals surface area contributed by atoms with E-state index in [-0.39, 0.29) is 49.3 Å². The van der Waals surface area contributed by atoms with Gasteiger partial charge in [-0.05, 0) is 63.7 Å². The third-order valence-electron chi connectivity index (χ3n) is 10.0. The first-order valence-corrected chi connectivity index (χ1v) is 15.5. The average Bonchev–Trinajstić information content (AvgIpc) is 3.27. The van der Waals surface area contributed by atoms with Crippen LogP contribution in [0.3, 0.4) is 0 Å². The van der Waals surface area contributed by atoms with Crippen LogP contribution in [-0.4, -0.2) is 69.8 Å². The quantitative estimate of drug-likeness (QED) is 0.301. The van der Waals surface area contributed by atoms with Crippen LogP contribution in [0.15, 0.2) is 58.9 Å². The summed E-state index contributed by atoms with van der Waals surface area (Å²) in [5, 5.41) is 34.2. The lowest BCUT2D eigenvalue weighted by Gasteiger charge is -2.51. The van der Waals surface area contributed by atoms with Gasteiger partial charge in [-0.25, -0.2) is 0 Å². The second-order valence-electron chi connectivity index (χ2n) is 13.3. The van der Waals surface area contributed by atoms with Crippen molar-refractivity contribution in [1.29, 1.82) is 0 Å². The maximum absolute atomic E-state index is 14.0. The summed E-state index contributed by atoms with van der Waals surface area (Å²) in [6, 6.07) is 0. The van der Waals surface area contributed by atoms with Crippen LogP contribution >= 0.6 is 0 Å². The molecule has 42 heavy (non-hydrogen) atoms. The van der Waals surface area contributed by atoms with E-state index >= 15 is 0 Å². The molecule has 11 atom stereocenters. The Hall–Kier alpha value is -2.23. The van der Waals surface area contributed by atoms with E-state index in [2.05, 4.69) is 19.9 Å². The number of hydrogen-bond acceptors (Lipinski definition) is 8. The van der Waals surface area contributed by atoms with Gasteiger partial charge < -0.3 is 34.3 Å². The lowest BCUT2D eigenvalue weighted by Crippen LogP contribution is -2.58. The van der Waals surface area contributed by atoms with Gasteiger partial charge >= 0.3 is 5.97 Å². The second kappa shape index (κ2) is 12.0. The molecule has 4 aliphatic heterocycles. The molecule has 232 valence electrons. The van der Waals surface area contributed by atoms with Gasteiger partial charge in [0.05, 0.1) is 36.9 Å². The molecule has 0 saturated carbocycles. The second-order valence-corrected chi connectivity index (χ2v) is 13.3. The third kappa shape index (κ3) is 5.81. The number of ether oxygens (including phenoxy) is 4. The Kier molecular flexibility index (Phi) is 8.95. The topological polar surface area (TPSA) is 115 Å². The number of aliphatic hydroxyl groups excluding tert-OH is 2. The molecule has 0 aromatic carbocycles. The minimum Gasteiger partial charge on any atom is -0.494 e. The molecule has 3 saturated heterocycles. The smallest absolute Gasteiger partial charge is 0.316 e. The minimum atomic E-state index is -1.74. The van der Waals surface area contributed by atoms with Gasteiger partial charge in [0.15, 0.2) is 5.79 Å². The number of aliphatic hydroxyl groups is 3. The van der Waals surface area contributed by atoms with Gasteiger partial charge in [0.2, 0.25) is 0 Å². The van der Waals surface area contributed by atoms with E-state index in [0.717, 1.165) is 12.0 Å². The summed E-state index contributed by atoms with van der Waals surface area (Å²) >= 11 is 0. The third-order valence-corrected chi connectivity index (χ3v) is 10.0. The molecular weight excluding hydrogens is 536 g/mol. The van der Waals surface area contributed by atoms with Crippen molar-refractivity contribution in [3.05, 3.63) is 58.9 Å². The zero-order valence-electron chi connectivity index (χ0n) is 25.8. The van der Waals surface area contributed by atoms with Gasteiger partial charge in [0.1, 0.15) is 23.4 Å². The maximum atomic E-state index is 14.0. The van der Waals surface area contributed by atoms with E-state index in [1.54, 1.807) is 19.1 Å². The van der Waals surface area contributed by atoms with Gasteiger partial charge in [-0.3, -0.25) is 4.79 Å². The van der Waals surface area contributed by atoms with E-state index in [4.69, 9.17) is 18.9 Å². The molecule has 0 amide bonds. The predicted molar refractivity (Wildman–Crippen MR) is 158 cm³/mol. The van der Waals surface area contributed by atoms with Crippen molar-refractivity contribution in [3.63, 3.8) is 0 Å². The van der Waals surface area contributed by atoms with Gasteiger partial charge in [-0.1, -0.05) is 49.8 Å². The lowest BCUT2D eigenvalue weighted by molar-refractivity contribution is -0.342. The van der Waals surface area contributed by atoms with E-state index in [0.29, 0.717) is 18.4 Å². The molecule has 0 aromatic heterocycles. The molecule has 0 aromatic rings. The summed E-state index contributed by atoms with van der Waals surface area (Å²) in [6.07, 6.45) is 11.2. The first kappa shape index (κ1) is 31.2. The number of hydrogen-bond donors (Lipinski definition) is 3. The van der Waals surface area contributed by atoms with E-state index < -0.39 is 47.5 Å². The number of carbonyl (C=O) groups excluding carboxylic acids is 1. The molecule has 5 aliphatic rings. The molecule has 5 rings (SSSR count). The van der Waals surface area contributed by atoms with Crippen LogP contribution in [0.5, 0.6) is 0 Å². The van der Waals surface area contributed by atoms with Crippen LogP contribution in [0.2, 0.25) is 0 Å². The Morgan fingerprint density at radius 2 is 1.88 bits per heavy atom. The zero-order valence-corrected chi connectivity index (χ0v) is 25.8. The standard InChI is InChI=1S/C34H48O8/c1-7-21(4)31-23(6)28(35)17-33(42-31)16-25-15-24(41-33)12-11-20(3)13-19(2)9-8-10-29-34(38)26(32(37)40-25)14-22(5)30(36)27(34)18-39-29/h7-11,14,19,23-28,30-31,35-36,38H,12-13,15-18H2,1-6H3/b9-8+,20-11+,21-7+,29-10-/t19-,23-,24+,25?,26?,27+,28-,30+,31+,33-,34+/m0/s1. The predicted octanol–water partition coefficient (Wildman–Crippen LogP) is 4.66. The number of allylic oxidation sites excluding steroid dienone is 5. The van der Waals surface area contributed by atoms with Crippen molar-refractivity contribution in [2.24, 2.45) is 23.7 Å². The molecular formula is C34H48O8. The van der Waals surface area contributed by atoms with Crippen LogP contribution in [-0.2, 0) is 23.7 Å².